The normalized spacial score (nSPS) is 22.8. The quantitative estimate of drug-likeness (QED) is 0.799. The average Bonchev–Trinajstić information content (AvgIpc) is 2.82. The minimum absolute atomic E-state index is 0.120. The highest BCUT2D eigenvalue weighted by Crippen LogP contribution is 2.25. The molecular formula is C15H20N2OS. The van der Waals surface area contributed by atoms with Crippen molar-refractivity contribution in [1.82, 2.24) is 4.90 Å². The molecule has 0 aliphatic carbocycles. The Balaban J connectivity index is 2.17. The second-order valence-electron chi connectivity index (χ2n) is 5.33. The number of likely N-dealkylation sites (tertiary alicyclic amines) is 1. The molecule has 2 unspecified atom stereocenters. The summed E-state index contributed by atoms with van der Waals surface area (Å²) < 4.78 is 0. The molecule has 1 amide bonds. The number of thiophene rings is 1. The van der Waals surface area contributed by atoms with E-state index in [1.165, 1.54) is 17.8 Å². The van der Waals surface area contributed by atoms with Crippen LogP contribution in [0.2, 0.25) is 0 Å². The van der Waals surface area contributed by atoms with Crippen molar-refractivity contribution in [3.05, 3.63) is 21.9 Å². The molecule has 0 bridgehead atoms. The Morgan fingerprint density at radius 1 is 1.47 bits per heavy atom. The van der Waals surface area contributed by atoms with Gasteiger partial charge in [0, 0.05) is 18.7 Å². The molecule has 1 aromatic heterocycles. The minimum atomic E-state index is 0.120. The minimum Gasteiger partial charge on any atom is -0.337 e. The van der Waals surface area contributed by atoms with E-state index in [2.05, 4.69) is 25.7 Å². The second-order valence-corrected chi connectivity index (χ2v) is 6.24. The summed E-state index contributed by atoms with van der Waals surface area (Å²) in [4.78, 5) is 15.3. The summed E-state index contributed by atoms with van der Waals surface area (Å²) in [5.41, 5.74) is 6.20. The predicted molar refractivity (Wildman–Crippen MR) is 79.1 cm³/mol. The van der Waals surface area contributed by atoms with Crippen LogP contribution in [0.3, 0.4) is 0 Å². The first-order valence-corrected chi connectivity index (χ1v) is 7.55. The van der Waals surface area contributed by atoms with Gasteiger partial charge in [0.2, 0.25) is 0 Å². The Morgan fingerprint density at radius 3 is 2.79 bits per heavy atom. The van der Waals surface area contributed by atoms with Gasteiger partial charge >= 0.3 is 0 Å². The van der Waals surface area contributed by atoms with Gasteiger partial charge in [-0.1, -0.05) is 25.7 Å². The van der Waals surface area contributed by atoms with Gasteiger partial charge in [0.25, 0.3) is 5.91 Å². The SMILES string of the molecule is CC1CC(C)CN(C(=O)c2sccc2C#CCN)C1. The molecule has 1 aromatic rings. The van der Waals surface area contributed by atoms with Gasteiger partial charge in [0.05, 0.1) is 6.54 Å². The van der Waals surface area contributed by atoms with E-state index < -0.39 is 0 Å². The largest absolute Gasteiger partial charge is 0.337 e. The van der Waals surface area contributed by atoms with E-state index in [-0.39, 0.29) is 5.91 Å². The van der Waals surface area contributed by atoms with Gasteiger partial charge < -0.3 is 10.6 Å². The number of nitrogens with two attached hydrogens (primary N) is 1. The van der Waals surface area contributed by atoms with E-state index in [1.54, 1.807) is 0 Å². The fourth-order valence-electron chi connectivity index (χ4n) is 2.69. The molecule has 2 N–H and O–H groups in total. The Morgan fingerprint density at radius 2 is 2.16 bits per heavy atom. The number of rotatable bonds is 1. The van der Waals surface area contributed by atoms with Gasteiger partial charge in [-0.2, -0.15) is 0 Å². The zero-order valence-electron chi connectivity index (χ0n) is 11.5. The standard InChI is InChI=1S/C15H20N2OS/c1-11-8-12(2)10-17(9-11)15(18)14-13(4-3-6-16)5-7-19-14/h5,7,11-12H,6,8-10,16H2,1-2H3. The van der Waals surface area contributed by atoms with Crippen molar-refractivity contribution in [2.24, 2.45) is 17.6 Å². The maximum absolute atomic E-state index is 12.6. The summed E-state index contributed by atoms with van der Waals surface area (Å²) in [6.07, 6.45) is 1.20. The first kappa shape index (κ1) is 14.1. The van der Waals surface area contributed by atoms with Gasteiger partial charge in [-0.05, 0) is 29.7 Å². The van der Waals surface area contributed by atoms with Crippen molar-refractivity contribution in [3.63, 3.8) is 0 Å². The molecule has 1 fully saturated rings. The molecule has 2 heterocycles. The summed E-state index contributed by atoms with van der Waals surface area (Å²) in [6, 6.07) is 1.90. The molecule has 2 atom stereocenters. The Hall–Kier alpha value is -1.31. The summed E-state index contributed by atoms with van der Waals surface area (Å²) in [6.45, 7) is 6.44. The van der Waals surface area contributed by atoms with Crippen LogP contribution in [0.25, 0.3) is 0 Å². The molecule has 3 nitrogen and oxygen atoms in total. The number of nitrogens with zero attached hydrogens (tertiary/aromatic N) is 1. The van der Waals surface area contributed by atoms with Crippen molar-refractivity contribution >= 4 is 17.2 Å². The van der Waals surface area contributed by atoms with Gasteiger partial charge in [0.1, 0.15) is 4.88 Å². The van der Waals surface area contributed by atoms with Gasteiger partial charge in [-0.15, -0.1) is 11.3 Å². The van der Waals surface area contributed by atoms with Crippen LogP contribution >= 0.6 is 11.3 Å². The summed E-state index contributed by atoms with van der Waals surface area (Å²) >= 11 is 1.47. The van der Waals surface area contributed by atoms with Crippen molar-refractivity contribution in [2.45, 2.75) is 20.3 Å². The third-order valence-corrected chi connectivity index (χ3v) is 4.24. The number of hydrogen-bond donors (Lipinski definition) is 1. The van der Waals surface area contributed by atoms with Crippen LogP contribution in [-0.2, 0) is 0 Å². The van der Waals surface area contributed by atoms with Crippen molar-refractivity contribution in [2.75, 3.05) is 19.6 Å². The number of piperidine rings is 1. The van der Waals surface area contributed by atoms with E-state index in [9.17, 15) is 4.79 Å². The monoisotopic (exact) mass is 276 g/mol. The van der Waals surface area contributed by atoms with E-state index in [4.69, 9.17) is 5.73 Å². The highest BCUT2D eigenvalue weighted by atomic mass is 32.1. The zero-order chi connectivity index (χ0) is 13.8. The van der Waals surface area contributed by atoms with Crippen molar-refractivity contribution in [1.29, 1.82) is 0 Å². The molecule has 1 aliphatic rings. The van der Waals surface area contributed by atoms with Crippen molar-refractivity contribution < 1.29 is 4.79 Å². The maximum Gasteiger partial charge on any atom is 0.265 e. The van der Waals surface area contributed by atoms with Crippen LogP contribution in [-0.4, -0.2) is 30.4 Å². The van der Waals surface area contributed by atoms with Crippen LogP contribution < -0.4 is 5.73 Å². The van der Waals surface area contributed by atoms with Gasteiger partial charge in [-0.25, -0.2) is 0 Å². The molecule has 0 saturated carbocycles. The summed E-state index contributed by atoms with van der Waals surface area (Å²) in [7, 11) is 0. The first-order valence-electron chi connectivity index (χ1n) is 6.67. The molecule has 1 aliphatic heterocycles. The lowest BCUT2D eigenvalue weighted by Crippen LogP contribution is -2.42. The smallest absolute Gasteiger partial charge is 0.265 e. The van der Waals surface area contributed by atoms with Gasteiger partial charge in [-0.3, -0.25) is 4.79 Å². The van der Waals surface area contributed by atoms with E-state index in [0.29, 0.717) is 18.4 Å². The van der Waals surface area contributed by atoms with Gasteiger partial charge in [0.15, 0.2) is 0 Å². The Labute approximate surface area is 118 Å². The number of carbonyl (C=O) groups is 1. The Bertz CT molecular complexity index is 502. The lowest BCUT2D eigenvalue weighted by Gasteiger charge is -2.34. The predicted octanol–water partition coefficient (Wildman–Crippen LogP) is 2.18. The molecule has 2 rings (SSSR count). The van der Waals surface area contributed by atoms with Crippen molar-refractivity contribution in [3.8, 4) is 11.8 Å². The molecule has 19 heavy (non-hydrogen) atoms. The zero-order valence-corrected chi connectivity index (χ0v) is 12.3. The van der Waals surface area contributed by atoms with E-state index in [0.717, 1.165) is 23.5 Å². The van der Waals surface area contributed by atoms with E-state index in [1.807, 2.05) is 16.3 Å². The molecular weight excluding hydrogens is 256 g/mol. The summed E-state index contributed by atoms with van der Waals surface area (Å²) in [5.74, 6) is 7.07. The average molecular weight is 276 g/mol. The third kappa shape index (κ3) is 3.37. The highest BCUT2D eigenvalue weighted by molar-refractivity contribution is 7.12. The fourth-order valence-corrected chi connectivity index (χ4v) is 3.51. The second kappa shape index (κ2) is 6.23. The number of carbonyl (C=O) groups excluding carboxylic acids is 1. The molecule has 0 spiro atoms. The Kier molecular flexibility index (Phi) is 4.62. The third-order valence-electron chi connectivity index (χ3n) is 3.34. The molecule has 102 valence electrons. The van der Waals surface area contributed by atoms with Crippen LogP contribution in [0.1, 0.15) is 35.5 Å². The van der Waals surface area contributed by atoms with Crippen LogP contribution in [0.4, 0.5) is 0 Å². The van der Waals surface area contributed by atoms with E-state index >= 15 is 0 Å². The number of amides is 1. The lowest BCUT2D eigenvalue weighted by molar-refractivity contribution is 0.0628. The highest BCUT2D eigenvalue weighted by Gasteiger charge is 2.27. The topological polar surface area (TPSA) is 46.3 Å². The summed E-state index contributed by atoms with van der Waals surface area (Å²) in [5, 5.41) is 1.92. The van der Waals surface area contributed by atoms with Crippen LogP contribution in [0.15, 0.2) is 11.4 Å². The molecule has 0 radical (unpaired) electrons. The fraction of sp³-hybridized carbons (Fsp3) is 0.533. The first-order chi connectivity index (χ1) is 9.11. The maximum atomic E-state index is 12.6. The lowest BCUT2D eigenvalue weighted by atomic mass is 9.92. The molecule has 1 saturated heterocycles. The number of hydrogen-bond acceptors (Lipinski definition) is 3. The molecule has 4 heteroatoms. The molecule has 0 aromatic carbocycles. The van der Waals surface area contributed by atoms with Crippen LogP contribution in [0.5, 0.6) is 0 Å². The van der Waals surface area contributed by atoms with Crippen LogP contribution in [0, 0.1) is 23.7 Å².